The highest BCUT2D eigenvalue weighted by Gasteiger charge is 2.31. The minimum absolute atomic E-state index is 0.608. The number of rotatable bonds is 5. The van der Waals surface area contributed by atoms with Crippen LogP contribution in [-0.4, -0.2) is 30.0 Å². The van der Waals surface area contributed by atoms with Crippen LogP contribution < -0.4 is 5.32 Å². The Balaban J connectivity index is 1.95. The first-order valence-corrected chi connectivity index (χ1v) is 7.57. The summed E-state index contributed by atoms with van der Waals surface area (Å²) in [5, 5.41) is 3.19. The maximum atomic E-state index is 4.39. The maximum absolute atomic E-state index is 4.39. The minimum atomic E-state index is 0.608. The number of pyridine rings is 1. The lowest BCUT2D eigenvalue weighted by Crippen LogP contribution is -2.39. The summed E-state index contributed by atoms with van der Waals surface area (Å²) < 4.78 is 0. The standard InChI is InChI=1S/C16H27N3/c1-4-16(5-2)8-11-19(12-9-16)13-14-7-6-10-18-15(14)17-3/h6-7,10H,4-5,8-9,11-13H2,1-3H3,(H,17,18). The molecule has 1 N–H and O–H groups in total. The molecule has 0 saturated carbocycles. The quantitative estimate of drug-likeness (QED) is 0.879. The van der Waals surface area contributed by atoms with Gasteiger partial charge in [-0.05, 0) is 37.4 Å². The number of nitrogens with zero attached hydrogens (tertiary/aromatic N) is 2. The Morgan fingerprint density at radius 1 is 1.26 bits per heavy atom. The van der Waals surface area contributed by atoms with E-state index in [1.807, 2.05) is 19.3 Å². The summed E-state index contributed by atoms with van der Waals surface area (Å²) in [6, 6.07) is 4.21. The zero-order valence-electron chi connectivity index (χ0n) is 12.6. The van der Waals surface area contributed by atoms with Gasteiger partial charge in [-0.1, -0.05) is 32.8 Å². The van der Waals surface area contributed by atoms with Crippen LogP contribution >= 0.6 is 0 Å². The molecule has 1 saturated heterocycles. The van der Waals surface area contributed by atoms with E-state index < -0.39 is 0 Å². The molecule has 1 aliphatic rings. The molecule has 0 amide bonds. The van der Waals surface area contributed by atoms with Gasteiger partial charge in [0.15, 0.2) is 0 Å². The van der Waals surface area contributed by atoms with Crippen LogP contribution in [0.25, 0.3) is 0 Å². The van der Waals surface area contributed by atoms with Crippen LogP contribution in [0.15, 0.2) is 18.3 Å². The van der Waals surface area contributed by atoms with E-state index in [0.29, 0.717) is 5.41 Å². The normalized spacial score (nSPS) is 19.3. The molecule has 1 fully saturated rings. The first kappa shape index (κ1) is 14.3. The van der Waals surface area contributed by atoms with Crippen molar-refractivity contribution in [2.45, 2.75) is 46.1 Å². The van der Waals surface area contributed by atoms with Crippen molar-refractivity contribution in [1.82, 2.24) is 9.88 Å². The van der Waals surface area contributed by atoms with Gasteiger partial charge in [-0.2, -0.15) is 0 Å². The van der Waals surface area contributed by atoms with E-state index >= 15 is 0 Å². The Hall–Kier alpha value is -1.09. The van der Waals surface area contributed by atoms with E-state index in [-0.39, 0.29) is 0 Å². The van der Waals surface area contributed by atoms with Crippen molar-refractivity contribution in [1.29, 1.82) is 0 Å². The molecule has 3 nitrogen and oxygen atoms in total. The summed E-state index contributed by atoms with van der Waals surface area (Å²) in [5.41, 5.74) is 1.92. The fourth-order valence-corrected chi connectivity index (χ4v) is 3.17. The Bertz CT molecular complexity index is 389. The molecule has 0 atom stereocenters. The third-order valence-corrected chi connectivity index (χ3v) is 4.94. The molecule has 3 heteroatoms. The summed E-state index contributed by atoms with van der Waals surface area (Å²) in [4.78, 5) is 6.96. The summed E-state index contributed by atoms with van der Waals surface area (Å²) in [7, 11) is 1.95. The molecule has 2 rings (SSSR count). The van der Waals surface area contributed by atoms with E-state index in [4.69, 9.17) is 0 Å². The third kappa shape index (κ3) is 3.27. The van der Waals surface area contributed by atoms with E-state index in [0.717, 1.165) is 12.4 Å². The number of nitrogens with one attached hydrogen (secondary N) is 1. The smallest absolute Gasteiger partial charge is 0.130 e. The van der Waals surface area contributed by atoms with Gasteiger partial charge in [0, 0.05) is 25.4 Å². The molecule has 0 radical (unpaired) electrons. The second kappa shape index (κ2) is 6.38. The van der Waals surface area contributed by atoms with Gasteiger partial charge in [0.1, 0.15) is 5.82 Å². The second-order valence-electron chi connectivity index (χ2n) is 5.74. The zero-order valence-corrected chi connectivity index (χ0v) is 12.6. The minimum Gasteiger partial charge on any atom is -0.373 e. The van der Waals surface area contributed by atoms with E-state index in [2.05, 4.69) is 35.1 Å². The first-order chi connectivity index (χ1) is 9.23. The molecule has 19 heavy (non-hydrogen) atoms. The number of piperidine rings is 1. The number of anilines is 1. The summed E-state index contributed by atoms with van der Waals surface area (Å²) in [6.07, 6.45) is 7.19. The van der Waals surface area contributed by atoms with Crippen LogP contribution in [0, 0.1) is 5.41 Å². The van der Waals surface area contributed by atoms with Crippen LogP contribution in [0.2, 0.25) is 0 Å². The number of likely N-dealkylation sites (tertiary alicyclic amines) is 1. The highest BCUT2D eigenvalue weighted by molar-refractivity contribution is 5.42. The van der Waals surface area contributed by atoms with Gasteiger partial charge >= 0.3 is 0 Å². The predicted molar refractivity (Wildman–Crippen MR) is 81.3 cm³/mol. The SMILES string of the molecule is CCC1(CC)CCN(Cc2cccnc2NC)CC1. The van der Waals surface area contributed by atoms with Crippen molar-refractivity contribution in [3.05, 3.63) is 23.9 Å². The van der Waals surface area contributed by atoms with Crippen LogP contribution in [0.5, 0.6) is 0 Å². The summed E-state index contributed by atoms with van der Waals surface area (Å²) in [6.45, 7) is 8.16. The lowest BCUT2D eigenvalue weighted by molar-refractivity contribution is 0.0909. The Morgan fingerprint density at radius 3 is 2.53 bits per heavy atom. The van der Waals surface area contributed by atoms with Gasteiger partial charge in [0.2, 0.25) is 0 Å². The Kier molecular flexibility index (Phi) is 4.81. The topological polar surface area (TPSA) is 28.2 Å². The average Bonchev–Trinajstić information content (AvgIpc) is 2.49. The zero-order chi connectivity index (χ0) is 13.7. The highest BCUT2D eigenvalue weighted by Crippen LogP contribution is 2.38. The Labute approximate surface area is 117 Å². The molecule has 1 aliphatic heterocycles. The van der Waals surface area contributed by atoms with Crippen LogP contribution in [-0.2, 0) is 6.54 Å². The van der Waals surface area contributed by atoms with Crippen LogP contribution in [0.3, 0.4) is 0 Å². The van der Waals surface area contributed by atoms with Gasteiger partial charge in [-0.3, -0.25) is 4.90 Å². The van der Waals surface area contributed by atoms with Gasteiger partial charge in [-0.15, -0.1) is 0 Å². The van der Waals surface area contributed by atoms with Gasteiger partial charge in [-0.25, -0.2) is 4.98 Å². The maximum Gasteiger partial charge on any atom is 0.130 e. The predicted octanol–water partition coefficient (Wildman–Crippen LogP) is 3.53. The fraction of sp³-hybridized carbons (Fsp3) is 0.688. The number of aromatic nitrogens is 1. The molecule has 0 spiro atoms. The highest BCUT2D eigenvalue weighted by atomic mass is 15.1. The van der Waals surface area contributed by atoms with Crippen molar-refractivity contribution in [3.8, 4) is 0 Å². The van der Waals surface area contributed by atoms with Crippen molar-refractivity contribution in [3.63, 3.8) is 0 Å². The molecule has 0 unspecified atom stereocenters. The molecule has 0 aromatic carbocycles. The van der Waals surface area contributed by atoms with Crippen LogP contribution in [0.1, 0.15) is 45.1 Å². The molecule has 0 bridgehead atoms. The van der Waals surface area contributed by atoms with Crippen LogP contribution in [0.4, 0.5) is 5.82 Å². The van der Waals surface area contributed by atoms with E-state index in [1.54, 1.807) is 0 Å². The van der Waals surface area contributed by atoms with Crippen molar-refractivity contribution in [2.24, 2.45) is 5.41 Å². The van der Waals surface area contributed by atoms with E-state index in [9.17, 15) is 0 Å². The average molecular weight is 261 g/mol. The molecular weight excluding hydrogens is 234 g/mol. The van der Waals surface area contributed by atoms with Gasteiger partial charge in [0.25, 0.3) is 0 Å². The Morgan fingerprint density at radius 2 is 1.95 bits per heavy atom. The first-order valence-electron chi connectivity index (χ1n) is 7.57. The van der Waals surface area contributed by atoms with Gasteiger partial charge < -0.3 is 5.32 Å². The van der Waals surface area contributed by atoms with E-state index in [1.165, 1.54) is 44.3 Å². The van der Waals surface area contributed by atoms with Crippen molar-refractivity contribution in [2.75, 3.05) is 25.5 Å². The second-order valence-corrected chi connectivity index (χ2v) is 5.74. The van der Waals surface area contributed by atoms with Gasteiger partial charge in [0.05, 0.1) is 0 Å². The largest absolute Gasteiger partial charge is 0.373 e. The monoisotopic (exact) mass is 261 g/mol. The molecule has 0 aliphatic carbocycles. The lowest BCUT2D eigenvalue weighted by atomic mass is 9.74. The summed E-state index contributed by atoms with van der Waals surface area (Å²) >= 11 is 0. The fourth-order valence-electron chi connectivity index (χ4n) is 3.17. The number of hydrogen-bond donors (Lipinski definition) is 1. The molecule has 106 valence electrons. The molecule has 1 aromatic heterocycles. The lowest BCUT2D eigenvalue weighted by Gasteiger charge is -2.41. The van der Waals surface area contributed by atoms with Crippen molar-refractivity contribution < 1.29 is 0 Å². The third-order valence-electron chi connectivity index (χ3n) is 4.94. The molecule has 1 aromatic rings. The molecular formula is C16H27N3. The summed E-state index contributed by atoms with van der Waals surface area (Å²) in [5.74, 6) is 1.02. The molecule has 2 heterocycles. The van der Waals surface area contributed by atoms with Crippen molar-refractivity contribution >= 4 is 5.82 Å². The number of hydrogen-bond acceptors (Lipinski definition) is 3.